The number of hydrogen-bond acceptors (Lipinski definition) is 5. The highest BCUT2D eigenvalue weighted by Gasteiger charge is 2.34. The molecule has 0 aromatic rings. The predicted octanol–water partition coefficient (Wildman–Crippen LogP) is 0.601. The minimum absolute atomic E-state index is 0.444. The summed E-state index contributed by atoms with van der Waals surface area (Å²) in [5.74, 6) is -0.956. The number of hydrogen-bond donors (Lipinski definition) is 0. The van der Waals surface area contributed by atoms with Gasteiger partial charge in [0.15, 0.2) is 12.2 Å². The molecule has 0 radical (unpaired) electrons. The van der Waals surface area contributed by atoms with Crippen LogP contribution in [0.4, 0.5) is 0 Å². The van der Waals surface area contributed by atoms with Gasteiger partial charge in [0.2, 0.25) is 0 Å². The van der Waals surface area contributed by atoms with Gasteiger partial charge in [-0.15, -0.1) is 0 Å². The molecule has 16 heavy (non-hydrogen) atoms. The third-order valence-electron chi connectivity index (χ3n) is 2.13. The molecule has 0 saturated heterocycles. The predicted molar refractivity (Wildman–Crippen MR) is 55.6 cm³/mol. The fraction of sp³-hybridized carbons (Fsp3) is 0.455. The molecule has 0 bridgehead atoms. The average molecular weight is 226 g/mol. The summed E-state index contributed by atoms with van der Waals surface area (Å²) in [4.78, 5) is 22.0. The van der Waals surface area contributed by atoms with Gasteiger partial charge >= 0.3 is 11.9 Å². The standard InChI is InChI=1S/C11H14O5/c1-4-8(15-7(2)12)11-9(14-3)5-6-10(13)16-11/h4-6,8-9,11H,1H2,2-3H3/t8-,9+,11-/m1/s1. The molecule has 1 aliphatic rings. The molecule has 3 atom stereocenters. The highest BCUT2D eigenvalue weighted by atomic mass is 16.6. The summed E-state index contributed by atoms with van der Waals surface area (Å²) in [6, 6.07) is 0. The zero-order valence-electron chi connectivity index (χ0n) is 9.21. The van der Waals surface area contributed by atoms with Crippen LogP contribution in [0.1, 0.15) is 6.92 Å². The summed E-state index contributed by atoms with van der Waals surface area (Å²) < 4.78 is 15.1. The second-order valence-electron chi connectivity index (χ2n) is 3.27. The molecule has 0 aromatic carbocycles. The van der Waals surface area contributed by atoms with E-state index in [-0.39, 0.29) is 0 Å². The van der Waals surface area contributed by atoms with Crippen molar-refractivity contribution in [2.75, 3.05) is 7.11 Å². The van der Waals surface area contributed by atoms with Gasteiger partial charge in [-0.25, -0.2) is 4.79 Å². The maximum Gasteiger partial charge on any atom is 0.331 e. The molecular weight excluding hydrogens is 212 g/mol. The van der Waals surface area contributed by atoms with Crippen LogP contribution in [0.25, 0.3) is 0 Å². The zero-order valence-corrected chi connectivity index (χ0v) is 9.21. The van der Waals surface area contributed by atoms with Crippen molar-refractivity contribution in [3.05, 3.63) is 24.8 Å². The van der Waals surface area contributed by atoms with E-state index < -0.39 is 30.3 Å². The minimum Gasteiger partial charge on any atom is -0.454 e. The summed E-state index contributed by atoms with van der Waals surface area (Å²) >= 11 is 0. The van der Waals surface area contributed by atoms with Gasteiger partial charge in [-0.3, -0.25) is 4.79 Å². The molecule has 0 unspecified atom stereocenters. The van der Waals surface area contributed by atoms with Crippen molar-refractivity contribution < 1.29 is 23.8 Å². The van der Waals surface area contributed by atoms with E-state index >= 15 is 0 Å². The Morgan fingerprint density at radius 2 is 2.38 bits per heavy atom. The van der Waals surface area contributed by atoms with Crippen LogP contribution in [-0.4, -0.2) is 37.4 Å². The summed E-state index contributed by atoms with van der Waals surface area (Å²) in [7, 11) is 1.48. The molecule has 1 aliphatic heterocycles. The minimum atomic E-state index is -0.712. The number of carbonyl (C=O) groups excluding carboxylic acids is 2. The lowest BCUT2D eigenvalue weighted by atomic mass is 10.1. The molecule has 1 rings (SSSR count). The van der Waals surface area contributed by atoms with E-state index in [4.69, 9.17) is 14.2 Å². The Morgan fingerprint density at radius 3 is 2.88 bits per heavy atom. The first-order chi connectivity index (χ1) is 7.58. The first-order valence-electron chi connectivity index (χ1n) is 4.80. The molecule has 0 N–H and O–H groups in total. The molecular formula is C11H14O5. The Hall–Kier alpha value is -1.62. The first kappa shape index (κ1) is 12.4. The lowest BCUT2D eigenvalue weighted by Crippen LogP contribution is -2.44. The summed E-state index contributed by atoms with van der Waals surface area (Å²) in [6.45, 7) is 4.81. The monoisotopic (exact) mass is 226 g/mol. The van der Waals surface area contributed by atoms with Crippen molar-refractivity contribution in [2.24, 2.45) is 0 Å². The van der Waals surface area contributed by atoms with E-state index in [2.05, 4.69) is 6.58 Å². The maximum atomic E-state index is 11.1. The van der Waals surface area contributed by atoms with Crippen molar-refractivity contribution in [2.45, 2.75) is 25.2 Å². The highest BCUT2D eigenvalue weighted by molar-refractivity contribution is 5.83. The summed E-state index contributed by atoms with van der Waals surface area (Å²) in [5.41, 5.74) is 0. The number of carbonyl (C=O) groups is 2. The highest BCUT2D eigenvalue weighted by Crippen LogP contribution is 2.18. The van der Waals surface area contributed by atoms with Gasteiger partial charge in [-0.05, 0) is 12.2 Å². The van der Waals surface area contributed by atoms with Crippen LogP contribution in [0.5, 0.6) is 0 Å². The van der Waals surface area contributed by atoms with Crippen molar-refractivity contribution >= 4 is 11.9 Å². The Bertz CT molecular complexity index is 320. The fourth-order valence-electron chi connectivity index (χ4n) is 1.43. The van der Waals surface area contributed by atoms with Gasteiger partial charge in [0.05, 0.1) is 0 Å². The number of cyclic esters (lactones) is 1. The Kier molecular flexibility index (Phi) is 4.25. The molecule has 0 fully saturated rings. The van der Waals surface area contributed by atoms with E-state index in [1.165, 1.54) is 26.2 Å². The quantitative estimate of drug-likeness (QED) is 0.519. The van der Waals surface area contributed by atoms with E-state index in [1.54, 1.807) is 6.08 Å². The van der Waals surface area contributed by atoms with Crippen LogP contribution in [0.15, 0.2) is 24.8 Å². The summed E-state index contributed by atoms with van der Waals surface area (Å²) in [6.07, 6.45) is 2.40. The van der Waals surface area contributed by atoms with Crippen LogP contribution < -0.4 is 0 Å². The van der Waals surface area contributed by atoms with Crippen LogP contribution in [0, 0.1) is 0 Å². The SMILES string of the molecule is C=C[C@@H](OC(C)=O)[C@H]1OC(=O)C=C[C@@H]1OC. The maximum absolute atomic E-state index is 11.1. The normalized spacial score (nSPS) is 25.8. The molecule has 0 amide bonds. The molecule has 0 aliphatic carbocycles. The van der Waals surface area contributed by atoms with Crippen LogP contribution >= 0.6 is 0 Å². The van der Waals surface area contributed by atoms with Crippen molar-refractivity contribution in [1.29, 1.82) is 0 Å². The second-order valence-corrected chi connectivity index (χ2v) is 3.27. The molecule has 5 heteroatoms. The molecule has 0 aromatic heterocycles. The number of ether oxygens (including phenoxy) is 3. The van der Waals surface area contributed by atoms with E-state index in [0.717, 1.165) is 0 Å². The molecule has 0 spiro atoms. The number of rotatable bonds is 4. The Morgan fingerprint density at radius 1 is 1.69 bits per heavy atom. The van der Waals surface area contributed by atoms with Gasteiger partial charge in [-0.2, -0.15) is 0 Å². The fourth-order valence-corrected chi connectivity index (χ4v) is 1.43. The summed E-state index contributed by atoms with van der Waals surface area (Å²) in [5, 5.41) is 0. The lowest BCUT2D eigenvalue weighted by Gasteiger charge is -2.30. The third-order valence-corrected chi connectivity index (χ3v) is 2.13. The van der Waals surface area contributed by atoms with Gasteiger partial charge in [0, 0.05) is 20.1 Å². The third kappa shape index (κ3) is 2.93. The largest absolute Gasteiger partial charge is 0.454 e. The number of methoxy groups -OCH3 is 1. The van der Waals surface area contributed by atoms with Crippen molar-refractivity contribution in [1.82, 2.24) is 0 Å². The topological polar surface area (TPSA) is 61.8 Å². The van der Waals surface area contributed by atoms with Crippen molar-refractivity contribution in [3.8, 4) is 0 Å². The van der Waals surface area contributed by atoms with Crippen LogP contribution in [-0.2, 0) is 23.8 Å². The van der Waals surface area contributed by atoms with E-state index in [9.17, 15) is 9.59 Å². The first-order valence-corrected chi connectivity index (χ1v) is 4.80. The lowest BCUT2D eigenvalue weighted by molar-refractivity contribution is -0.169. The van der Waals surface area contributed by atoms with Crippen LogP contribution in [0.3, 0.4) is 0 Å². The molecule has 5 nitrogen and oxygen atoms in total. The molecule has 1 heterocycles. The average Bonchev–Trinajstić information content (AvgIpc) is 2.25. The Labute approximate surface area is 93.7 Å². The van der Waals surface area contributed by atoms with Gasteiger partial charge in [0.1, 0.15) is 6.10 Å². The Balaban J connectivity index is 2.81. The van der Waals surface area contributed by atoms with Gasteiger partial charge < -0.3 is 14.2 Å². The van der Waals surface area contributed by atoms with E-state index in [0.29, 0.717) is 0 Å². The number of esters is 2. The van der Waals surface area contributed by atoms with E-state index in [1.807, 2.05) is 0 Å². The molecule has 88 valence electrons. The van der Waals surface area contributed by atoms with Gasteiger partial charge in [-0.1, -0.05) is 6.58 Å². The smallest absolute Gasteiger partial charge is 0.331 e. The van der Waals surface area contributed by atoms with Crippen LogP contribution in [0.2, 0.25) is 0 Å². The van der Waals surface area contributed by atoms with Gasteiger partial charge in [0.25, 0.3) is 0 Å². The zero-order chi connectivity index (χ0) is 12.1. The second kappa shape index (κ2) is 5.46. The molecule has 0 saturated carbocycles. The van der Waals surface area contributed by atoms with Crippen molar-refractivity contribution in [3.63, 3.8) is 0 Å².